The van der Waals surface area contributed by atoms with Crippen LogP contribution >= 0.6 is 0 Å². The minimum atomic E-state index is -0.516. The number of ether oxygens (including phenoxy) is 2. The van der Waals surface area contributed by atoms with Gasteiger partial charge in [-0.2, -0.15) is 0 Å². The van der Waals surface area contributed by atoms with Crippen molar-refractivity contribution in [3.05, 3.63) is 23.8 Å². The van der Waals surface area contributed by atoms with Gasteiger partial charge in [-0.15, -0.1) is 0 Å². The summed E-state index contributed by atoms with van der Waals surface area (Å²) in [6, 6.07) is 5.46. The molecule has 0 fully saturated rings. The summed E-state index contributed by atoms with van der Waals surface area (Å²) in [6.45, 7) is 0.830. The van der Waals surface area contributed by atoms with Crippen molar-refractivity contribution in [2.24, 2.45) is 0 Å². The molecular formula is C13H21NO3. The smallest absolute Gasteiger partial charge is 0.128 e. The van der Waals surface area contributed by atoms with E-state index in [0.29, 0.717) is 12.2 Å². The molecule has 17 heavy (non-hydrogen) atoms. The third-order valence-corrected chi connectivity index (χ3v) is 2.65. The number of benzene rings is 1. The lowest BCUT2D eigenvalue weighted by molar-refractivity contribution is 0.150. The molecule has 1 rings (SSSR count). The molecule has 4 heteroatoms. The van der Waals surface area contributed by atoms with Crippen molar-refractivity contribution < 1.29 is 14.6 Å². The van der Waals surface area contributed by atoms with E-state index in [1.807, 2.05) is 31.1 Å². The molecular weight excluding hydrogens is 218 g/mol. The van der Waals surface area contributed by atoms with Crippen LogP contribution in [0.25, 0.3) is 0 Å². The monoisotopic (exact) mass is 239 g/mol. The number of methoxy groups -OCH3 is 2. The third-order valence-electron chi connectivity index (χ3n) is 2.65. The molecule has 4 nitrogen and oxygen atoms in total. The van der Waals surface area contributed by atoms with E-state index in [0.717, 1.165) is 17.9 Å². The standard InChI is InChI=1S/C13H21NO3/c1-14(2)8-7-12(15)11-6-5-10(16-3)9-13(11)17-4/h5-6,9,12,15H,7-8H2,1-4H3. The van der Waals surface area contributed by atoms with Gasteiger partial charge in [0.15, 0.2) is 0 Å². The summed E-state index contributed by atoms with van der Waals surface area (Å²) in [5.74, 6) is 1.39. The predicted octanol–water partition coefficient (Wildman–Crippen LogP) is 1.69. The van der Waals surface area contributed by atoms with Gasteiger partial charge in [-0.05, 0) is 32.6 Å². The second-order valence-electron chi connectivity index (χ2n) is 4.22. The van der Waals surface area contributed by atoms with Gasteiger partial charge in [-0.3, -0.25) is 0 Å². The Morgan fingerprint density at radius 2 is 1.94 bits per heavy atom. The molecule has 0 spiro atoms. The number of hydrogen-bond acceptors (Lipinski definition) is 4. The van der Waals surface area contributed by atoms with Gasteiger partial charge in [-0.25, -0.2) is 0 Å². The topological polar surface area (TPSA) is 41.9 Å². The highest BCUT2D eigenvalue weighted by Crippen LogP contribution is 2.30. The number of hydrogen-bond donors (Lipinski definition) is 1. The summed E-state index contributed by atoms with van der Waals surface area (Å²) in [7, 11) is 7.17. The number of aliphatic hydroxyl groups is 1. The van der Waals surface area contributed by atoms with E-state index in [1.165, 1.54) is 0 Å². The summed E-state index contributed by atoms with van der Waals surface area (Å²) in [6.07, 6.45) is 0.161. The maximum Gasteiger partial charge on any atom is 0.128 e. The molecule has 96 valence electrons. The fourth-order valence-corrected chi connectivity index (χ4v) is 1.63. The third kappa shape index (κ3) is 3.91. The largest absolute Gasteiger partial charge is 0.497 e. The molecule has 0 heterocycles. The normalized spacial score (nSPS) is 12.6. The van der Waals surface area contributed by atoms with E-state index in [1.54, 1.807) is 20.3 Å². The van der Waals surface area contributed by atoms with E-state index in [2.05, 4.69) is 0 Å². The Morgan fingerprint density at radius 1 is 1.24 bits per heavy atom. The van der Waals surface area contributed by atoms with Gasteiger partial charge in [0.2, 0.25) is 0 Å². The highest BCUT2D eigenvalue weighted by Gasteiger charge is 2.14. The summed E-state index contributed by atoms with van der Waals surface area (Å²) in [5, 5.41) is 10.1. The maximum absolute atomic E-state index is 10.1. The van der Waals surface area contributed by atoms with E-state index in [9.17, 15) is 5.11 Å². The molecule has 1 unspecified atom stereocenters. The van der Waals surface area contributed by atoms with E-state index >= 15 is 0 Å². The fourth-order valence-electron chi connectivity index (χ4n) is 1.63. The van der Waals surface area contributed by atoms with Gasteiger partial charge in [0.25, 0.3) is 0 Å². The molecule has 0 aliphatic rings. The molecule has 1 aromatic rings. The first-order valence-corrected chi connectivity index (χ1v) is 5.63. The van der Waals surface area contributed by atoms with Crippen LogP contribution in [0.5, 0.6) is 11.5 Å². The lowest BCUT2D eigenvalue weighted by Crippen LogP contribution is -2.16. The van der Waals surface area contributed by atoms with Crippen molar-refractivity contribution in [2.75, 3.05) is 34.9 Å². The number of aliphatic hydroxyl groups excluding tert-OH is 1. The lowest BCUT2D eigenvalue weighted by atomic mass is 10.0. The minimum absolute atomic E-state index is 0.516. The Balaban J connectivity index is 2.81. The molecule has 0 radical (unpaired) electrons. The molecule has 0 aliphatic heterocycles. The summed E-state index contributed by atoms with van der Waals surface area (Å²) >= 11 is 0. The summed E-state index contributed by atoms with van der Waals surface area (Å²) in [4.78, 5) is 2.04. The van der Waals surface area contributed by atoms with Crippen molar-refractivity contribution >= 4 is 0 Å². The lowest BCUT2D eigenvalue weighted by Gasteiger charge is -2.17. The van der Waals surface area contributed by atoms with Gasteiger partial charge >= 0.3 is 0 Å². The van der Waals surface area contributed by atoms with Crippen molar-refractivity contribution in [3.8, 4) is 11.5 Å². The molecule has 1 aromatic carbocycles. The van der Waals surface area contributed by atoms with Crippen molar-refractivity contribution in [1.29, 1.82) is 0 Å². The van der Waals surface area contributed by atoms with Crippen LogP contribution in [0.2, 0.25) is 0 Å². The molecule has 0 bridgehead atoms. The van der Waals surface area contributed by atoms with Crippen LogP contribution in [-0.4, -0.2) is 44.9 Å². The van der Waals surface area contributed by atoms with Crippen LogP contribution in [0.1, 0.15) is 18.1 Å². The van der Waals surface area contributed by atoms with Crippen LogP contribution in [0.3, 0.4) is 0 Å². The van der Waals surface area contributed by atoms with Gasteiger partial charge in [0.1, 0.15) is 11.5 Å². The first-order valence-electron chi connectivity index (χ1n) is 5.63. The Kier molecular flexibility index (Phi) is 5.25. The second-order valence-corrected chi connectivity index (χ2v) is 4.22. The first kappa shape index (κ1) is 13.8. The van der Waals surface area contributed by atoms with Crippen LogP contribution < -0.4 is 9.47 Å². The first-order chi connectivity index (χ1) is 8.08. The van der Waals surface area contributed by atoms with Gasteiger partial charge in [0, 0.05) is 18.2 Å². The van der Waals surface area contributed by atoms with Crippen molar-refractivity contribution in [2.45, 2.75) is 12.5 Å². The number of nitrogens with zero attached hydrogens (tertiary/aromatic N) is 1. The molecule has 0 amide bonds. The zero-order valence-corrected chi connectivity index (χ0v) is 10.9. The second kappa shape index (κ2) is 6.47. The van der Waals surface area contributed by atoms with Crippen LogP contribution in [0, 0.1) is 0 Å². The van der Waals surface area contributed by atoms with Crippen LogP contribution in [0.15, 0.2) is 18.2 Å². The molecule has 0 saturated carbocycles. The van der Waals surface area contributed by atoms with Crippen molar-refractivity contribution in [3.63, 3.8) is 0 Å². The molecule has 1 atom stereocenters. The fraction of sp³-hybridized carbons (Fsp3) is 0.538. The maximum atomic E-state index is 10.1. The minimum Gasteiger partial charge on any atom is -0.497 e. The average molecular weight is 239 g/mol. The Morgan fingerprint density at radius 3 is 2.47 bits per heavy atom. The van der Waals surface area contributed by atoms with Crippen LogP contribution in [-0.2, 0) is 0 Å². The number of rotatable bonds is 6. The van der Waals surface area contributed by atoms with Crippen LogP contribution in [0.4, 0.5) is 0 Å². The Hall–Kier alpha value is -1.26. The van der Waals surface area contributed by atoms with Gasteiger partial charge in [0.05, 0.1) is 20.3 Å². The Bertz CT molecular complexity index is 353. The highest BCUT2D eigenvalue weighted by molar-refractivity contribution is 5.41. The Labute approximate surface area is 103 Å². The zero-order valence-electron chi connectivity index (χ0n) is 10.9. The van der Waals surface area contributed by atoms with Gasteiger partial charge in [-0.1, -0.05) is 0 Å². The summed E-state index contributed by atoms with van der Waals surface area (Å²) < 4.78 is 10.4. The average Bonchev–Trinajstić information content (AvgIpc) is 2.34. The SMILES string of the molecule is COc1ccc(C(O)CCN(C)C)c(OC)c1. The van der Waals surface area contributed by atoms with E-state index in [4.69, 9.17) is 9.47 Å². The molecule has 1 N–H and O–H groups in total. The van der Waals surface area contributed by atoms with E-state index < -0.39 is 6.10 Å². The predicted molar refractivity (Wildman–Crippen MR) is 67.7 cm³/mol. The highest BCUT2D eigenvalue weighted by atomic mass is 16.5. The quantitative estimate of drug-likeness (QED) is 0.820. The molecule has 0 aliphatic carbocycles. The van der Waals surface area contributed by atoms with Crippen molar-refractivity contribution in [1.82, 2.24) is 4.90 Å². The summed E-state index contributed by atoms with van der Waals surface area (Å²) in [5.41, 5.74) is 0.801. The van der Waals surface area contributed by atoms with Gasteiger partial charge < -0.3 is 19.5 Å². The zero-order chi connectivity index (χ0) is 12.8. The molecule has 0 saturated heterocycles. The van der Waals surface area contributed by atoms with E-state index in [-0.39, 0.29) is 0 Å². The molecule has 0 aromatic heterocycles.